The Kier molecular flexibility index (Phi) is 5.96. The largest absolute Gasteiger partial charge is 0.385 e. The predicted octanol–water partition coefficient (Wildman–Crippen LogP) is 1.57. The molecular weight excluding hydrogens is 178 g/mol. The number of ether oxygens (including phenoxy) is 1. The third kappa shape index (κ3) is 5.35. The molecule has 0 saturated carbocycles. The molecule has 0 aromatic carbocycles. The van der Waals surface area contributed by atoms with E-state index in [0.29, 0.717) is 0 Å². The summed E-state index contributed by atoms with van der Waals surface area (Å²) >= 11 is 0. The van der Waals surface area contributed by atoms with Crippen LogP contribution in [0.25, 0.3) is 0 Å². The molecule has 0 saturated heterocycles. The van der Waals surface area contributed by atoms with Crippen molar-refractivity contribution in [2.24, 2.45) is 5.41 Å². The van der Waals surface area contributed by atoms with Crippen molar-refractivity contribution in [3.8, 4) is 0 Å². The molecule has 0 fully saturated rings. The van der Waals surface area contributed by atoms with Crippen LogP contribution in [0, 0.1) is 5.41 Å². The maximum Gasteiger partial charge on any atom is 0.136 e. The van der Waals surface area contributed by atoms with Gasteiger partial charge in [-0.3, -0.25) is 4.79 Å². The van der Waals surface area contributed by atoms with Crippen molar-refractivity contribution in [1.29, 1.82) is 0 Å². The molecule has 0 spiro atoms. The van der Waals surface area contributed by atoms with Crippen LogP contribution in [-0.2, 0) is 9.53 Å². The van der Waals surface area contributed by atoms with E-state index in [1.165, 1.54) is 0 Å². The summed E-state index contributed by atoms with van der Waals surface area (Å²) in [6.07, 6.45) is 1.01. The Morgan fingerprint density at radius 3 is 2.43 bits per heavy atom. The van der Waals surface area contributed by atoms with E-state index in [1.807, 2.05) is 20.9 Å². The summed E-state index contributed by atoms with van der Waals surface area (Å²) in [5.74, 6) is 0.246. The minimum absolute atomic E-state index is 0.234. The van der Waals surface area contributed by atoms with Crippen molar-refractivity contribution in [2.75, 3.05) is 33.9 Å². The number of Topliss-reactive ketones (excluding diaryl/α,β-unsaturated/α-hetero) is 1. The number of rotatable bonds is 7. The molecule has 0 aromatic rings. The molecule has 0 rings (SSSR count). The van der Waals surface area contributed by atoms with Crippen molar-refractivity contribution >= 4 is 5.78 Å². The first-order chi connectivity index (χ1) is 6.40. The smallest absolute Gasteiger partial charge is 0.136 e. The number of nitrogens with zero attached hydrogens (tertiary/aromatic N) is 1. The Balaban J connectivity index is 3.81. The lowest BCUT2D eigenvalue weighted by Crippen LogP contribution is -2.36. The van der Waals surface area contributed by atoms with Gasteiger partial charge in [0.15, 0.2) is 0 Å². The first kappa shape index (κ1) is 13.6. The van der Waals surface area contributed by atoms with E-state index in [4.69, 9.17) is 4.74 Å². The number of hydrogen-bond donors (Lipinski definition) is 0. The Morgan fingerprint density at radius 1 is 1.43 bits per heavy atom. The average Bonchev–Trinajstić information content (AvgIpc) is 2.03. The lowest BCUT2D eigenvalue weighted by molar-refractivity contribution is -0.125. The zero-order valence-corrected chi connectivity index (χ0v) is 10.1. The topological polar surface area (TPSA) is 29.5 Å². The first-order valence-electron chi connectivity index (χ1n) is 5.08. The summed E-state index contributed by atoms with van der Waals surface area (Å²) < 4.78 is 4.98. The molecule has 0 heterocycles. The summed E-state index contributed by atoms with van der Waals surface area (Å²) in [6.45, 7) is 8.20. The normalized spacial score (nSPS) is 12.1. The van der Waals surface area contributed by atoms with Gasteiger partial charge in [-0.05, 0) is 20.4 Å². The van der Waals surface area contributed by atoms with Crippen LogP contribution < -0.4 is 0 Å². The van der Waals surface area contributed by atoms with Gasteiger partial charge >= 0.3 is 0 Å². The van der Waals surface area contributed by atoms with Crippen LogP contribution in [0.2, 0.25) is 0 Å². The fraction of sp³-hybridized carbons (Fsp3) is 0.909. The fourth-order valence-corrected chi connectivity index (χ4v) is 1.34. The van der Waals surface area contributed by atoms with Crippen LogP contribution in [0.15, 0.2) is 0 Å². The van der Waals surface area contributed by atoms with Crippen molar-refractivity contribution in [1.82, 2.24) is 4.90 Å². The average molecular weight is 201 g/mol. The fourth-order valence-electron chi connectivity index (χ4n) is 1.34. The SMILES string of the molecule is COCCCN(C)CC(C)(C)C(C)=O. The molecule has 0 N–H and O–H groups in total. The summed E-state index contributed by atoms with van der Waals surface area (Å²) in [6, 6.07) is 0. The van der Waals surface area contributed by atoms with E-state index in [-0.39, 0.29) is 11.2 Å². The molecule has 0 aliphatic rings. The number of ketones is 1. The first-order valence-corrected chi connectivity index (χ1v) is 5.08. The minimum Gasteiger partial charge on any atom is -0.385 e. The zero-order valence-electron chi connectivity index (χ0n) is 10.1. The van der Waals surface area contributed by atoms with Gasteiger partial charge < -0.3 is 9.64 Å². The molecule has 0 aromatic heterocycles. The Hall–Kier alpha value is -0.410. The van der Waals surface area contributed by atoms with E-state index in [9.17, 15) is 4.79 Å². The minimum atomic E-state index is -0.234. The highest BCUT2D eigenvalue weighted by Crippen LogP contribution is 2.17. The predicted molar refractivity (Wildman–Crippen MR) is 58.5 cm³/mol. The molecule has 84 valence electrons. The highest BCUT2D eigenvalue weighted by molar-refractivity contribution is 5.81. The van der Waals surface area contributed by atoms with Crippen LogP contribution in [0.5, 0.6) is 0 Å². The maximum atomic E-state index is 11.3. The second kappa shape index (κ2) is 6.14. The molecule has 0 radical (unpaired) electrons. The van der Waals surface area contributed by atoms with Gasteiger partial charge in [-0.2, -0.15) is 0 Å². The van der Waals surface area contributed by atoms with Crippen molar-refractivity contribution < 1.29 is 9.53 Å². The van der Waals surface area contributed by atoms with E-state index in [0.717, 1.165) is 26.1 Å². The molecular formula is C11H23NO2. The number of carbonyl (C=O) groups excluding carboxylic acids is 1. The zero-order chi connectivity index (χ0) is 11.2. The Labute approximate surface area is 87.4 Å². The molecule has 0 aliphatic heterocycles. The van der Waals surface area contributed by atoms with Crippen LogP contribution in [0.1, 0.15) is 27.2 Å². The van der Waals surface area contributed by atoms with E-state index in [2.05, 4.69) is 4.90 Å². The van der Waals surface area contributed by atoms with Crippen molar-refractivity contribution in [2.45, 2.75) is 27.2 Å². The van der Waals surface area contributed by atoms with E-state index in [1.54, 1.807) is 14.0 Å². The molecule has 0 aliphatic carbocycles. The number of carbonyl (C=O) groups is 1. The van der Waals surface area contributed by atoms with Gasteiger partial charge in [0.05, 0.1) is 0 Å². The van der Waals surface area contributed by atoms with Gasteiger partial charge in [0.25, 0.3) is 0 Å². The van der Waals surface area contributed by atoms with Crippen molar-refractivity contribution in [3.05, 3.63) is 0 Å². The Morgan fingerprint density at radius 2 is 2.00 bits per heavy atom. The number of methoxy groups -OCH3 is 1. The second-order valence-electron chi connectivity index (χ2n) is 4.52. The summed E-state index contributed by atoms with van der Waals surface area (Å²) in [7, 11) is 3.75. The third-order valence-electron chi connectivity index (χ3n) is 2.51. The van der Waals surface area contributed by atoms with Gasteiger partial charge in [0.2, 0.25) is 0 Å². The van der Waals surface area contributed by atoms with E-state index >= 15 is 0 Å². The molecule has 0 amide bonds. The molecule has 3 heteroatoms. The lowest BCUT2D eigenvalue weighted by Gasteiger charge is -2.27. The highest BCUT2D eigenvalue weighted by Gasteiger charge is 2.24. The van der Waals surface area contributed by atoms with Crippen molar-refractivity contribution in [3.63, 3.8) is 0 Å². The van der Waals surface area contributed by atoms with Crippen LogP contribution >= 0.6 is 0 Å². The van der Waals surface area contributed by atoms with Gasteiger partial charge in [0, 0.05) is 32.2 Å². The molecule has 0 atom stereocenters. The standard InChI is InChI=1S/C11H23NO2/c1-10(13)11(2,3)9-12(4)7-6-8-14-5/h6-9H2,1-5H3. The molecule has 0 unspecified atom stereocenters. The number of hydrogen-bond acceptors (Lipinski definition) is 3. The van der Waals surface area contributed by atoms with Crippen LogP contribution in [0.4, 0.5) is 0 Å². The van der Waals surface area contributed by atoms with Crippen LogP contribution in [-0.4, -0.2) is 44.5 Å². The van der Waals surface area contributed by atoms with Gasteiger partial charge in [-0.15, -0.1) is 0 Å². The highest BCUT2D eigenvalue weighted by atomic mass is 16.5. The van der Waals surface area contributed by atoms with Gasteiger partial charge in [-0.1, -0.05) is 13.8 Å². The molecule has 0 bridgehead atoms. The van der Waals surface area contributed by atoms with E-state index < -0.39 is 0 Å². The van der Waals surface area contributed by atoms with Gasteiger partial charge in [0.1, 0.15) is 5.78 Å². The summed E-state index contributed by atoms with van der Waals surface area (Å²) in [4.78, 5) is 13.5. The summed E-state index contributed by atoms with van der Waals surface area (Å²) in [5.41, 5.74) is -0.234. The van der Waals surface area contributed by atoms with Crippen LogP contribution in [0.3, 0.4) is 0 Å². The monoisotopic (exact) mass is 201 g/mol. The molecule has 3 nitrogen and oxygen atoms in total. The third-order valence-corrected chi connectivity index (χ3v) is 2.51. The molecule has 14 heavy (non-hydrogen) atoms. The maximum absolute atomic E-state index is 11.3. The second-order valence-corrected chi connectivity index (χ2v) is 4.52. The quantitative estimate of drug-likeness (QED) is 0.586. The summed E-state index contributed by atoms with van der Waals surface area (Å²) in [5, 5.41) is 0. The van der Waals surface area contributed by atoms with Gasteiger partial charge in [-0.25, -0.2) is 0 Å². The Bertz CT molecular complexity index is 178. The lowest BCUT2D eigenvalue weighted by atomic mass is 9.88.